The van der Waals surface area contributed by atoms with Crippen LogP contribution in [0.15, 0.2) is 15.5 Å². The molecule has 1 aromatic heterocycles. The first-order chi connectivity index (χ1) is 7.72. The fourth-order valence-electron chi connectivity index (χ4n) is 1.25. The molecule has 5 nitrogen and oxygen atoms in total. The summed E-state index contributed by atoms with van der Waals surface area (Å²) in [5.41, 5.74) is -0.429. The van der Waals surface area contributed by atoms with Crippen molar-refractivity contribution in [3.8, 4) is 0 Å². The highest BCUT2D eigenvalue weighted by molar-refractivity contribution is 9.10. The van der Waals surface area contributed by atoms with Gasteiger partial charge in [-0.25, -0.2) is 4.68 Å². The average molecular weight is 304 g/mol. The minimum atomic E-state index is -0.841. The number of anilines is 1. The molecule has 0 radical (unpaired) electrons. The third-order valence-corrected chi connectivity index (χ3v) is 2.91. The third kappa shape index (κ3) is 3.81. The maximum atomic E-state index is 11.9. The number of halogens is 1. The Hall–Kier alpha value is -0.880. The lowest BCUT2D eigenvalue weighted by Crippen LogP contribution is -2.31. The molecule has 2 N–H and O–H groups in total. The number of hydrogen-bond acceptors (Lipinski definition) is 4. The number of rotatable bonds is 4. The largest absolute Gasteiger partial charge is 0.389 e. The van der Waals surface area contributed by atoms with E-state index in [4.69, 9.17) is 0 Å². The molecule has 0 spiro atoms. The molecule has 0 aromatic carbocycles. The third-order valence-electron chi connectivity index (χ3n) is 2.14. The highest BCUT2D eigenvalue weighted by Crippen LogP contribution is 2.18. The van der Waals surface area contributed by atoms with Gasteiger partial charge in [0, 0.05) is 6.54 Å². The van der Waals surface area contributed by atoms with E-state index in [-0.39, 0.29) is 11.6 Å². The first-order valence-electron chi connectivity index (χ1n) is 5.46. The molecule has 1 aromatic rings. The molecule has 1 heterocycles. The van der Waals surface area contributed by atoms with E-state index < -0.39 is 5.60 Å². The predicted molar refractivity (Wildman–Crippen MR) is 71.4 cm³/mol. The van der Waals surface area contributed by atoms with Crippen molar-refractivity contribution in [2.75, 3.05) is 11.9 Å². The molecule has 0 bridgehead atoms. The van der Waals surface area contributed by atoms with Gasteiger partial charge < -0.3 is 10.4 Å². The van der Waals surface area contributed by atoms with Gasteiger partial charge in [-0.05, 0) is 43.6 Å². The van der Waals surface area contributed by atoms with Crippen molar-refractivity contribution in [3.05, 3.63) is 21.0 Å². The van der Waals surface area contributed by atoms with Crippen molar-refractivity contribution < 1.29 is 5.11 Å². The summed E-state index contributed by atoms with van der Waals surface area (Å²) in [6.07, 6.45) is 1.58. The van der Waals surface area contributed by atoms with E-state index in [9.17, 15) is 9.90 Å². The van der Waals surface area contributed by atoms with Crippen molar-refractivity contribution in [1.29, 1.82) is 0 Å². The zero-order valence-electron chi connectivity index (χ0n) is 10.5. The number of nitrogens with one attached hydrogen (secondary N) is 1. The van der Waals surface area contributed by atoms with Crippen LogP contribution in [0.5, 0.6) is 0 Å². The summed E-state index contributed by atoms with van der Waals surface area (Å²) in [4.78, 5) is 11.9. The fourth-order valence-corrected chi connectivity index (χ4v) is 1.67. The molecule has 17 heavy (non-hydrogen) atoms. The molecular formula is C11H18BrN3O2. The minimum absolute atomic E-state index is 0.0159. The highest BCUT2D eigenvalue weighted by atomic mass is 79.9. The zero-order chi connectivity index (χ0) is 13.2. The van der Waals surface area contributed by atoms with Crippen LogP contribution in [0, 0.1) is 0 Å². The molecule has 0 aliphatic rings. The van der Waals surface area contributed by atoms with Crippen molar-refractivity contribution >= 4 is 21.6 Å². The van der Waals surface area contributed by atoms with E-state index in [0.717, 1.165) is 0 Å². The van der Waals surface area contributed by atoms with Crippen molar-refractivity contribution in [1.82, 2.24) is 9.78 Å². The predicted octanol–water partition coefficient (Wildman–Crippen LogP) is 1.77. The van der Waals surface area contributed by atoms with Gasteiger partial charge in [0.2, 0.25) is 0 Å². The second kappa shape index (κ2) is 5.18. The monoisotopic (exact) mass is 303 g/mol. The zero-order valence-corrected chi connectivity index (χ0v) is 12.1. The van der Waals surface area contributed by atoms with E-state index in [1.807, 2.05) is 13.8 Å². The molecule has 0 atom stereocenters. The van der Waals surface area contributed by atoms with Crippen LogP contribution < -0.4 is 10.9 Å². The van der Waals surface area contributed by atoms with E-state index in [0.29, 0.717) is 16.7 Å². The number of nitrogens with zero attached hydrogens (tertiary/aromatic N) is 2. The normalized spacial score (nSPS) is 11.9. The number of aromatic nitrogens is 2. The summed E-state index contributed by atoms with van der Waals surface area (Å²) < 4.78 is 1.84. The Balaban J connectivity index is 2.98. The Kier molecular flexibility index (Phi) is 4.32. The Morgan fingerprint density at radius 2 is 2.18 bits per heavy atom. The van der Waals surface area contributed by atoms with Gasteiger partial charge in [-0.3, -0.25) is 4.79 Å². The SMILES string of the molecule is CC(C)n1ncc(NCC(C)(C)O)c(Br)c1=O. The van der Waals surface area contributed by atoms with Gasteiger partial charge in [0.25, 0.3) is 5.56 Å². The van der Waals surface area contributed by atoms with Gasteiger partial charge in [0.05, 0.1) is 23.5 Å². The molecule has 0 aliphatic carbocycles. The van der Waals surface area contributed by atoms with E-state index in [1.165, 1.54) is 4.68 Å². The summed E-state index contributed by atoms with van der Waals surface area (Å²) in [6.45, 7) is 7.52. The average Bonchev–Trinajstić information content (AvgIpc) is 2.18. The van der Waals surface area contributed by atoms with Gasteiger partial charge >= 0.3 is 0 Å². The summed E-state index contributed by atoms with van der Waals surface area (Å²) >= 11 is 3.25. The summed E-state index contributed by atoms with van der Waals surface area (Å²) in [6, 6.07) is 0.0159. The van der Waals surface area contributed by atoms with E-state index >= 15 is 0 Å². The van der Waals surface area contributed by atoms with Gasteiger partial charge in [-0.2, -0.15) is 5.10 Å². The van der Waals surface area contributed by atoms with Crippen LogP contribution in [-0.2, 0) is 0 Å². The van der Waals surface area contributed by atoms with E-state index in [1.54, 1.807) is 20.0 Å². The van der Waals surface area contributed by atoms with Gasteiger partial charge in [-0.15, -0.1) is 0 Å². The molecule has 0 saturated heterocycles. The van der Waals surface area contributed by atoms with Crippen LogP contribution >= 0.6 is 15.9 Å². The molecule has 0 aliphatic heterocycles. The standard InChI is InChI=1S/C11H18BrN3O2/c1-7(2)15-10(16)9(12)8(5-14-15)13-6-11(3,4)17/h5,7,13,17H,6H2,1-4H3. The number of aliphatic hydroxyl groups is 1. The Labute approximate surface area is 109 Å². The van der Waals surface area contributed by atoms with Crippen LogP contribution in [0.2, 0.25) is 0 Å². The highest BCUT2D eigenvalue weighted by Gasteiger charge is 2.15. The fraction of sp³-hybridized carbons (Fsp3) is 0.636. The Morgan fingerprint density at radius 1 is 1.59 bits per heavy atom. The smallest absolute Gasteiger partial charge is 0.283 e. The number of hydrogen-bond donors (Lipinski definition) is 2. The quantitative estimate of drug-likeness (QED) is 0.889. The molecule has 0 amide bonds. The molecule has 6 heteroatoms. The van der Waals surface area contributed by atoms with Crippen LogP contribution in [0.4, 0.5) is 5.69 Å². The summed E-state index contributed by atoms with van der Waals surface area (Å²) in [5, 5.41) is 16.7. The maximum absolute atomic E-state index is 11.9. The van der Waals surface area contributed by atoms with Gasteiger partial charge in [0.1, 0.15) is 4.47 Å². The first kappa shape index (κ1) is 14.2. The van der Waals surface area contributed by atoms with Crippen LogP contribution in [-0.4, -0.2) is 27.0 Å². The van der Waals surface area contributed by atoms with Gasteiger partial charge in [0.15, 0.2) is 0 Å². The lowest BCUT2D eigenvalue weighted by Gasteiger charge is -2.19. The molecule has 0 fully saturated rings. The van der Waals surface area contributed by atoms with Crippen LogP contribution in [0.1, 0.15) is 33.7 Å². The molecular weight excluding hydrogens is 286 g/mol. The van der Waals surface area contributed by atoms with Crippen LogP contribution in [0.25, 0.3) is 0 Å². The molecule has 96 valence electrons. The summed E-state index contributed by atoms with van der Waals surface area (Å²) in [5.74, 6) is 0. The lowest BCUT2D eigenvalue weighted by molar-refractivity contribution is 0.0945. The van der Waals surface area contributed by atoms with Gasteiger partial charge in [-0.1, -0.05) is 0 Å². The van der Waals surface area contributed by atoms with E-state index in [2.05, 4.69) is 26.3 Å². The molecule has 1 rings (SSSR count). The van der Waals surface area contributed by atoms with Crippen molar-refractivity contribution in [2.24, 2.45) is 0 Å². The topological polar surface area (TPSA) is 67.2 Å². The lowest BCUT2D eigenvalue weighted by atomic mass is 10.1. The second-order valence-corrected chi connectivity index (χ2v) is 5.67. The van der Waals surface area contributed by atoms with Crippen molar-refractivity contribution in [3.63, 3.8) is 0 Å². The summed E-state index contributed by atoms with van der Waals surface area (Å²) in [7, 11) is 0. The van der Waals surface area contributed by atoms with Crippen molar-refractivity contribution in [2.45, 2.75) is 39.3 Å². The molecule has 0 unspecified atom stereocenters. The molecule has 0 saturated carbocycles. The second-order valence-electron chi connectivity index (χ2n) is 4.88. The minimum Gasteiger partial charge on any atom is -0.389 e. The maximum Gasteiger partial charge on any atom is 0.283 e. The first-order valence-corrected chi connectivity index (χ1v) is 6.25. The Morgan fingerprint density at radius 3 is 2.65 bits per heavy atom. The Bertz CT molecular complexity index is 449. The van der Waals surface area contributed by atoms with Crippen LogP contribution in [0.3, 0.4) is 0 Å².